The van der Waals surface area contributed by atoms with Crippen molar-refractivity contribution in [1.29, 1.82) is 0 Å². The van der Waals surface area contributed by atoms with Crippen LogP contribution >= 0.6 is 0 Å². The van der Waals surface area contributed by atoms with E-state index in [-0.39, 0.29) is 5.75 Å². The van der Waals surface area contributed by atoms with Gasteiger partial charge in [0.15, 0.2) is 11.5 Å². The Hall–Kier alpha value is -1.96. The molecular weight excluding hydrogens is 248 g/mol. The van der Waals surface area contributed by atoms with Crippen LogP contribution in [0.4, 0.5) is 0 Å². The predicted molar refractivity (Wildman–Crippen MR) is 82.8 cm³/mol. The highest BCUT2D eigenvalue weighted by Gasteiger charge is 2.12. The van der Waals surface area contributed by atoms with Gasteiger partial charge >= 0.3 is 0 Å². The van der Waals surface area contributed by atoms with Crippen molar-refractivity contribution in [3.8, 4) is 17.2 Å². The van der Waals surface area contributed by atoms with E-state index in [0.717, 1.165) is 25.0 Å². The van der Waals surface area contributed by atoms with E-state index < -0.39 is 0 Å². The van der Waals surface area contributed by atoms with Gasteiger partial charge in [-0.2, -0.15) is 0 Å². The number of aromatic hydroxyl groups is 1. The fourth-order valence-electron chi connectivity index (χ4n) is 2.64. The van der Waals surface area contributed by atoms with Gasteiger partial charge in [-0.15, -0.1) is 0 Å². The summed E-state index contributed by atoms with van der Waals surface area (Å²) in [5, 5.41) is 9.84. The van der Waals surface area contributed by atoms with E-state index in [9.17, 15) is 5.11 Å². The molecule has 0 spiro atoms. The quantitative estimate of drug-likeness (QED) is 0.839. The third kappa shape index (κ3) is 2.79. The highest BCUT2D eigenvalue weighted by atomic mass is 16.5. The standard InChI is InChI=1S/C18H22O2/c1-4-13-11-12-17(15(6-3)14(13)5-2)20-18-10-8-7-9-16(18)19/h7-12,19H,4-6H2,1-3H3. The SMILES string of the molecule is CCc1ccc(Oc2ccccc2O)c(CC)c1CC. The number of phenols is 1. The van der Waals surface area contributed by atoms with E-state index in [1.165, 1.54) is 16.7 Å². The van der Waals surface area contributed by atoms with Gasteiger partial charge in [-0.25, -0.2) is 0 Å². The van der Waals surface area contributed by atoms with Gasteiger partial charge in [-0.1, -0.05) is 39.0 Å². The molecule has 106 valence electrons. The molecular formula is C18H22O2. The number of phenolic OH excluding ortho intramolecular Hbond substituents is 1. The first-order chi connectivity index (χ1) is 9.71. The van der Waals surface area contributed by atoms with Crippen LogP contribution < -0.4 is 4.74 Å². The Kier molecular flexibility index (Phi) is 4.67. The molecule has 2 aromatic rings. The molecule has 0 aliphatic heterocycles. The molecule has 1 N–H and O–H groups in total. The Morgan fingerprint density at radius 3 is 2.10 bits per heavy atom. The van der Waals surface area contributed by atoms with E-state index in [1.54, 1.807) is 18.2 Å². The normalized spacial score (nSPS) is 10.6. The van der Waals surface area contributed by atoms with E-state index >= 15 is 0 Å². The maximum Gasteiger partial charge on any atom is 0.169 e. The Morgan fingerprint density at radius 2 is 1.50 bits per heavy atom. The number of benzene rings is 2. The molecule has 0 saturated heterocycles. The van der Waals surface area contributed by atoms with Crippen molar-refractivity contribution in [2.24, 2.45) is 0 Å². The zero-order valence-electron chi connectivity index (χ0n) is 12.4. The molecule has 2 heteroatoms. The average Bonchev–Trinajstić information content (AvgIpc) is 2.48. The molecule has 2 nitrogen and oxygen atoms in total. The molecule has 0 saturated carbocycles. The van der Waals surface area contributed by atoms with Gasteiger partial charge in [0.1, 0.15) is 5.75 Å². The van der Waals surface area contributed by atoms with Gasteiger partial charge in [-0.3, -0.25) is 0 Å². The van der Waals surface area contributed by atoms with Gasteiger partial charge in [-0.05, 0) is 54.2 Å². The van der Waals surface area contributed by atoms with Crippen molar-refractivity contribution >= 4 is 0 Å². The van der Waals surface area contributed by atoms with Gasteiger partial charge in [0.25, 0.3) is 0 Å². The molecule has 20 heavy (non-hydrogen) atoms. The highest BCUT2D eigenvalue weighted by Crippen LogP contribution is 2.34. The summed E-state index contributed by atoms with van der Waals surface area (Å²) < 4.78 is 5.92. The molecule has 0 aromatic heterocycles. The van der Waals surface area contributed by atoms with Crippen LogP contribution in [-0.2, 0) is 19.3 Å². The molecule has 0 unspecified atom stereocenters. The van der Waals surface area contributed by atoms with E-state index in [2.05, 4.69) is 26.8 Å². The van der Waals surface area contributed by atoms with Gasteiger partial charge in [0.2, 0.25) is 0 Å². The molecule has 0 atom stereocenters. The lowest BCUT2D eigenvalue weighted by Gasteiger charge is -2.17. The van der Waals surface area contributed by atoms with Gasteiger partial charge in [0.05, 0.1) is 0 Å². The number of rotatable bonds is 5. The average molecular weight is 270 g/mol. The van der Waals surface area contributed by atoms with Crippen LogP contribution in [0.2, 0.25) is 0 Å². The zero-order chi connectivity index (χ0) is 14.5. The van der Waals surface area contributed by atoms with E-state index in [1.807, 2.05) is 12.1 Å². The van der Waals surface area contributed by atoms with Crippen molar-refractivity contribution in [1.82, 2.24) is 0 Å². The van der Waals surface area contributed by atoms with Crippen LogP contribution in [0.25, 0.3) is 0 Å². The second-order valence-corrected chi connectivity index (χ2v) is 4.81. The third-order valence-corrected chi connectivity index (χ3v) is 3.66. The summed E-state index contributed by atoms with van der Waals surface area (Å²) in [6.07, 6.45) is 2.97. The molecule has 2 aromatic carbocycles. The Bertz CT molecular complexity index is 588. The highest BCUT2D eigenvalue weighted by molar-refractivity contribution is 5.49. The summed E-state index contributed by atoms with van der Waals surface area (Å²) in [6, 6.07) is 11.2. The van der Waals surface area contributed by atoms with E-state index in [0.29, 0.717) is 5.75 Å². The number of aryl methyl sites for hydroxylation is 1. The second kappa shape index (κ2) is 6.47. The molecule has 0 bridgehead atoms. The molecule has 0 radical (unpaired) electrons. The monoisotopic (exact) mass is 270 g/mol. The number of ether oxygens (including phenoxy) is 1. The van der Waals surface area contributed by atoms with Crippen LogP contribution in [0.1, 0.15) is 37.5 Å². The van der Waals surface area contributed by atoms with Crippen molar-refractivity contribution in [2.75, 3.05) is 0 Å². The van der Waals surface area contributed by atoms with Crippen molar-refractivity contribution in [3.63, 3.8) is 0 Å². The van der Waals surface area contributed by atoms with Crippen LogP contribution in [-0.4, -0.2) is 5.11 Å². The minimum absolute atomic E-state index is 0.173. The second-order valence-electron chi connectivity index (χ2n) is 4.81. The maximum absolute atomic E-state index is 9.84. The number of para-hydroxylation sites is 2. The first-order valence-corrected chi connectivity index (χ1v) is 7.30. The Morgan fingerprint density at radius 1 is 0.800 bits per heavy atom. The lowest BCUT2D eigenvalue weighted by molar-refractivity contribution is 0.408. The molecule has 0 amide bonds. The van der Waals surface area contributed by atoms with Crippen LogP contribution in [0.3, 0.4) is 0 Å². The van der Waals surface area contributed by atoms with Gasteiger partial charge < -0.3 is 9.84 Å². The molecule has 0 heterocycles. The number of hydrogen-bond acceptors (Lipinski definition) is 2. The third-order valence-electron chi connectivity index (χ3n) is 3.66. The summed E-state index contributed by atoms with van der Waals surface area (Å²) >= 11 is 0. The lowest BCUT2D eigenvalue weighted by Crippen LogP contribution is -2.00. The summed E-state index contributed by atoms with van der Waals surface area (Å²) in [7, 11) is 0. The minimum atomic E-state index is 0.173. The maximum atomic E-state index is 9.84. The first kappa shape index (κ1) is 14.4. The Balaban J connectivity index is 2.44. The van der Waals surface area contributed by atoms with Crippen LogP contribution in [0.15, 0.2) is 36.4 Å². The lowest BCUT2D eigenvalue weighted by atomic mass is 9.95. The fraction of sp³-hybridized carbons (Fsp3) is 0.333. The van der Waals surface area contributed by atoms with E-state index in [4.69, 9.17) is 4.74 Å². The molecule has 2 rings (SSSR count). The summed E-state index contributed by atoms with van der Waals surface area (Å²) in [6.45, 7) is 6.50. The van der Waals surface area contributed by atoms with Crippen LogP contribution in [0.5, 0.6) is 17.2 Å². The predicted octanol–water partition coefficient (Wildman–Crippen LogP) is 4.87. The van der Waals surface area contributed by atoms with Crippen molar-refractivity contribution in [2.45, 2.75) is 40.0 Å². The summed E-state index contributed by atoms with van der Waals surface area (Å²) in [5.41, 5.74) is 4.01. The smallest absolute Gasteiger partial charge is 0.169 e. The largest absolute Gasteiger partial charge is 0.504 e. The van der Waals surface area contributed by atoms with Crippen LogP contribution in [0, 0.1) is 0 Å². The molecule has 0 fully saturated rings. The Labute approximate surface area is 121 Å². The summed E-state index contributed by atoms with van der Waals surface area (Å²) in [4.78, 5) is 0. The molecule has 0 aliphatic carbocycles. The topological polar surface area (TPSA) is 29.5 Å². The fourth-order valence-corrected chi connectivity index (χ4v) is 2.64. The zero-order valence-corrected chi connectivity index (χ0v) is 12.4. The molecule has 0 aliphatic rings. The van der Waals surface area contributed by atoms with Crippen molar-refractivity contribution < 1.29 is 9.84 Å². The number of hydrogen-bond donors (Lipinski definition) is 1. The first-order valence-electron chi connectivity index (χ1n) is 7.30. The summed E-state index contributed by atoms with van der Waals surface area (Å²) in [5.74, 6) is 1.53. The van der Waals surface area contributed by atoms with Crippen molar-refractivity contribution in [3.05, 3.63) is 53.1 Å². The minimum Gasteiger partial charge on any atom is -0.504 e. The van der Waals surface area contributed by atoms with Gasteiger partial charge in [0, 0.05) is 0 Å².